The molecule has 4 rings (SSSR count). The second-order valence-corrected chi connectivity index (χ2v) is 8.13. The van der Waals surface area contributed by atoms with E-state index in [1.54, 1.807) is 35.6 Å². The highest BCUT2D eigenvalue weighted by Gasteiger charge is 2.12. The van der Waals surface area contributed by atoms with Crippen LogP contribution in [0.2, 0.25) is 5.02 Å². The number of amides is 2. The first-order valence-electron chi connectivity index (χ1n) is 9.47. The molecule has 0 spiro atoms. The molecule has 0 saturated carbocycles. The second kappa shape index (κ2) is 9.37. The zero-order valence-electron chi connectivity index (χ0n) is 15.8. The largest absolute Gasteiger partial charge is 0.323 e. The number of benzene rings is 2. The monoisotopic (exact) mass is 427 g/mol. The molecule has 8 heteroatoms. The number of aromatic nitrogens is 1. The average Bonchev–Trinajstić information content (AvgIpc) is 3.18. The molecular formula is C21H22ClN5OS. The Morgan fingerprint density at radius 1 is 1.10 bits per heavy atom. The van der Waals surface area contributed by atoms with Crippen LogP contribution in [0, 0.1) is 0 Å². The summed E-state index contributed by atoms with van der Waals surface area (Å²) in [6.07, 6.45) is 0. The van der Waals surface area contributed by atoms with E-state index in [-0.39, 0.29) is 6.03 Å². The van der Waals surface area contributed by atoms with Crippen LogP contribution in [0.4, 0.5) is 16.2 Å². The van der Waals surface area contributed by atoms with Crippen molar-refractivity contribution in [2.24, 2.45) is 0 Å². The third kappa shape index (κ3) is 5.55. The lowest BCUT2D eigenvalue weighted by atomic mass is 10.2. The van der Waals surface area contributed by atoms with Crippen molar-refractivity contribution in [3.8, 4) is 10.6 Å². The van der Waals surface area contributed by atoms with E-state index < -0.39 is 0 Å². The van der Waals surface area contributed by atoms with E-state index in [0.29, 0.717) is 16.4 Å². The molecule has 0 atom stereocenters. The zero-order valence-corrected chi connectivity index (χ0v) is 17.4. The number of urea groups is 1. The van der Waals surface area contributed by atoms with Gasteiger partial charge in [-0.1, -0.05) is 17.7 Å². The van der Waals surface area contributed by atoms with Crippen molar-refractivity contribution < 1.29 is 4.79 Å². The fourth-order valence-electron chi connectivity index (χ4n) is 3.17. The highest BCUT2D eigenvalue weighted by Crippen LogP contribution is 2.26. The fourth-order valence-corrected chi connectivity index (χ4v) is 4.17. The van der Waals surface area contributed by atoms with Gasteiger partial charge in [-0.05, 0) is 42.5 Å². The van der Waals surface area contributed by atoms with Gasteiger partial charge in [0.05, 0.1) is 5.69 Å². The second-order valence-electron chi connectivity index (χ2n) is 6.84. The van der Waals surface area contributed by atoms with Crippen LogP contribution in [0.5, 0.6) is 0 Å². The Labute approximate surface area is 178 Å². The summed E-state index contributed by atoms with van der Waals surface area (Å²) in [5, 5.41) is 12.7. The molecule has 1 fully saturated rings. The standard InChI is InChI=1S/C21H22ClN5OS/c22-16-2-1-3-18(12-16)26-21(28)25-17-6-4-15(5-7-17)20-24-19(14-29-20)13-27-10-8-23-9-11-27/h1-7,12,14,23H,8-11,13H2,(H2,25,26,28). The third-order valence-electron chi connectivity index (χ3n) is 4.62. The van der Waals surface area contributed by atoms with Crippen LogP contribution in [0.3, 0.4) is 0 Å². The lowest BCUT2D eigenvalue weighted by Crippen LogP contribution is -2.42. The predicted molar refractivity (Wildman–Crippen MR) is 120 cm³/mol. The minimum absolute atomic E-state index is 0.312. The predicted octanol–water partition coefficient (Wildman–Crippen LogP) is 4.51. The van der Waals surface area contributed by atoms with Gasteiger partial charge in [-0.3, -0.25) is 4.90 Å². The Morgan fingerprint density at radius 3 is 2.62 bits per heavy atom. The van der Waals surface area contributed by atoms with Gasteiger partial charge in [0, 0.05) is 60.1 Å². The van der Waals surface area contributed by atoms with Gasteiger partial charge in [-0.15, -0.1) is 11.3 Å². The average molecular weight is 428 g/mol. The highest BCUT2D eigenvalue weighted by molar-refractivity contribution is 7.13. The minimum atomic E-state index is -0.312. The summed E-state index contributed by atoms with van der Waals surface area (Å²) in [4.78, 5) is 19.3. The van der Waals surface area contributed by atoms with Crippen LogP contribution in [0.1, 0.15) is 5.69 Å². The van der Waals surface area contributed by atoms with E-state index in [0.717, 1.165) is 49.0 Å². The lowest BCUT2D eigenvalue weighted by Gasteiger charge is -2.26. The summed E-state index contributed by atoms with van der Waals surface area (Å²) in [5.41, 5.74) is 3.51. The normalized spacial score (nSPS) is 14.5. The van der Waals surface area contributed by atoms with Crippen LogP contribution in [-0.2, 0) is 6.54 Å². The number of nitrogens with zero attached hydrogens (tertiary/aromatic N) is 2. The van der Waals surface area contributed by atoms with E-state index in [1.807, 2.05) is 24.3 Å². The van der Waals surface area contributed by atoms with Crippen molar-refractivity contribution in [1.82, 2.24) is 15.2 Å². The van der Waals surface area contributed by atoms with Crippen molar-refractivity contribution in [3.63, 3.8) is 0 Å². The first-order chi connectivity index (χ1) is 14.2. The number of carbonyl (C=O) groups is 1. The SMILES string of the molecule is O=C(Nc1ccc(-c2nc(CN3CCNCC3)cs2)cc1)Nc1cccc(Cl)c1. The molecule has 2 heterocycles. The Hall–Kier alpha value is -2.45. The molecule has 0 aliphatic carbocycles. The van der Waals surface area contributed by atoms with E-state index in [2.05, 4.69) is 26.2 Å². The van der Waals surface area contributed by atoms with Gasteiger partial charge in [-0.2, -0.15) is 0 Å². The van der Waals surface area contributed by atoms with Crippen molar-refractivity contribution in [2.75, 3.05) is 36.8 Å². The zero-order chi connectivity index (χ0) is 20.1. The number of hydrogen-bond donors (Lipinski definition) is 3. The Kier molecular flexibility index (Phi) is 6.41. The molecule has 1 aromatic heterocycles. The molecule has 0 radical (unpaired) electrons. The molecule has 1 aliphatic rings. The summed E-state index contributed by atoms with van der Waals surface area (Å²) in [6.45, 7) is 5.09. The summed E-state index contributed by atoms with van der Waals surface area (Å²) >= 11 is 7.59. The molecule has 3 aromatic rings. The molecule has 0 bridgehead atoms. The highest BCUT2D eigenvalue weighted by atomic mass is 35.5. The Bertz CT molecular complexity index is 969. The fraction of sp³-hybridized carbons (Fsp3) is 0.238. The van der Waals surface area contributed by atoms with Gasteiger partial charge >= 0.3 is 6.03 Å². The summed E-state index contributed by atoms with van der Waals surface area (Å²) in [7, 11) is 0. The van der Waals surface area contributed by atoms with Gasteiger partial charge in [0.1, 0.15) is 5.01 Å². The maximum absolute atomic E-state index is 12.2. The number of rotatable bonds is 5. The van der Waals surface area contributed by atoms with Crippen LogP contribution in [0.25, 0.3) is 10.6 Å². The lowest BCUT2D eigenvalue weighted by molar-refractivity contribution is 0.231. The van der Waals surface area contributed by atoms with Crippen LogP contribution in [0.15, 0.2) is 53.9 Å². The molecule has 29 heavy (non-hydrogen) atoms. The third-order valence-corrected chi connectivity index (χ3v) is 5.79. The molecule has 150 valence electrons. The van der Waals surface area contributed by atoms with Crippen molar-refractivity contribution >= 4 is 40.3 Å². The number of anilines is 2. The quantitative estimate of drug-likeness (QED) is 0.560. The van der Waals surface area contributed by atoms with Gasteiger partial charge in [0.25, 0.3) is 0 Å². The number of carbonyl (C=O) groups excluding carboxylic acids is 1. The van der Waals surface area contributed by atoms with Crippen LogP contribution in [-0.4, -0.2) is 42.1 Å². The molecule has 6 nitrogen and oxygen atoms in total. The maximum atomic E-state index is 12.2. The van der Waals surface area contributed by atoms with Crippen LogP contribution < -0.4 is 16.0 Å². The topological polar surface area (TPSA) is 69.3 Å². The first kappa shape index (κ1) is 19.8. The molecule has 0 unspecified atom stereocenters. The molecule has 1 aliphatic heterocycles. The Balaban J connectivity index is 1.34. The van der Waals surface area contributed by atoms with E-state index >= 15 is 0 Å². The van der Waals surface area contributed by atoms with E-state index in [4.69, 9.17) is 16.6 Å². The summed E-state index contributed by atoms with van der Waals surface area (Å²) in [5.74, 6) is 0. The number of piperazine rings is 1. The Morgan fingerprint density at radius 2 is 1.86 bits per heavy atom. The maximum Gasteiger partial charge on any atom is 0.323 e. The molecule has 2 amide bonds. The number of hydrogen-bond acceptors (Lipinski definition) is 5. The van der Waals surface area contributed by atoms with Gasteiger partial charge < -0.3 is 16.0 Å². The van der Waals surface area contributed by atoms with Crippen LogP contribution >= 0.6 is 22.9 Å². The smallest absolute Gasteiger partial charge is 0.314 e. The van der Waals surface area contributed by atoms with Crippen molar-refractivity contribution in [1.29, 1.82) is 0 Å². The van der Waals surface area contributed by atoms with Gasteiger partial charge in [0.15, 0.2) is 0 Å². The van der Waals surface area contributed by atoms with Gasteiger partial charge in [-0.25, -0.2) is 9.78 Å². The number of thiazole rings is 1. The van der Waals surface area contributed by atoms with Gasteiger partial charge in [0.2, 0.25) is 0 Å². The molecular weight excluding hydrogens is 406 g/mol. The van der Waals surface area contributed by atoms with Crippen molar-refractivity contribution in [3.05, 3.63) is 64.6 Å². The van der Waals surface area contributed by atoms with E-state index in [9.17, 15) is 4.79 Å². The summed E-state index contributed by atoms with van der Waals surface area (Å²) < 4.78 is 0. The van der Waals surface area contributed by atoms with E-state index in [1.165, 1.54) is 0 Å². The molecule has 3 N–H and O–H groups in total. The summed E-state index contributed by atoms with van der Waals surface area (Å²) in [6, 6.07) is 14.4. The first-order valence-corrected chi connectivity index (χ1v) is 10.7. The minimum Gasteiger partial charge on any atom is -0.314 e. The number of nitrogens with one attached hydrogen (secondary N) is 3. The van der Waals surface area contributed by atoms with Crippen molar-refractivity contribution in [2.45, 2.75) is 6.54 Å². The molecule has 2 aromatic carbocycles. The molecule has 1 saturated heterocycles. The number of halogens is 1.